The molecule has 0 saturated heterocycles. The van der Waals surface area contributed by atoms with Crippen molar-refractivity contribution in [2.45, 2.75) is 20.8 Å². The van der Waals surface area contributed by atoms with E-state index in [4.69, 9.17) is 0 Å². The topological polar surface area (TPSA) is 56.4 Å². The van der Waals surface area contributed by atoms with Crippen molar-refractivity contribution >= 4 is 5.91 Å². The van der Waals surface area contributed by atoms with Gasteiger partial charge < -0.3 is 16.0 Å². The lowest BCUT2D eigenvalue weighted by atomic mass is 9.96. The Bertz CT molecular complexity index is 218. The molecule has 0 aromatic heterocycles. The van der Waals surface area contributed by atoms with Crippen molar-refractivity contribution in [1.82, 2.24) is 20.9 Å². The lowest BCUT2D eigenvalue weighted by Gasteiger charge is -2.24. The Morgan fingerprint density at radius 1 is 0.944 bits per heavy atom. The fraction of sp³-hybridized carbons (Fsp3) is 0.923. The largest absolute Gasteiger partial charge is 0.354 e. The highest BCUT2D eigenvalue weighted by Gasteiger charge is 2.20. The molecule has 0 spiro atoms. The highest BCUT2D eigenvalue weighted by atomic mass is 16.2. The summed E-state index contributed by atoms with van der Waals surface area (Å²) in [5.41, 5.74) is -0.305. The molecule has 5 heteroatoms. The molecule has 0 heterocycles. The number of hydrogen-bond acceptors (Lipinski definition) is 4. The second kappa shape index (κ2) is 9.30. The molecule has 3 N–H and O–H groups in total. The Labute approximate surface area is 112 Å². The van der Waals surface area contributed by atoms with Gasteiger partial charge in [-0.05, 0) is 14.1 Å². The van der Waals surface area contributed by atoms with E-state index in [-0.39, 0.29) is 11.3 Å². The second-order valence-electron chi connectivity index (χ2n) is 5.55. The van der Waals surface area contributed by atoms with E-state index < -0.39 is 0 Å². The van der Waals surface area contributed by atoms with Crippen LogP contribution in [0.15, 0.2) is 0 Å². The smallest absolute Gasteiger partial charge is 0.225 e. The normalized spacial score (nSPS) is 11.9. The van der Waals surface area contributed by atoms with Crippen LogP contribution in [0.1, 0.15) is 20.8 Å². The Kier molecular flexibility index (Phi) is 8.97. The maximum atomic E-state index is 11.7. The Balaban J connectivity index is 3.90. The molecule has 0 atom stereocenters. The molecule has 5 nitrogen and oxygen atoms in total. The fourth-order valence-corrected chi connectivity index (χ4v) is 1.47. The third kappa shape index (κ3) is 8.44. The minimum Gasteiger partial charge on any atom is -0.354 e. The summed E-state index contributed by atoms with van der Waals surface area (Å²) in [5, 5.41) is 9.28. The summed E-state index contributed by atoms with van der Waals surface area (Å²) in [7, 11) is 3.91. The first-order valence-electron chi connectivity index (χ1n) is 6.71. The number of nitrogens with one attached hydrogen (secondary N) is 3. The minimum absolute atomic E-state index is 0.115. The van der Waals surface area contributed by atoms with Crippen LogP contribution in [0.5, 0.6) is 0 Å². The summed E-state index contributed by atoms with van der Waals surface area (Å²) in [6, 6.07) is 0. The molecule has 0 rings (SSSR count). The predicted octanol–water partition coefficient (Wildman–Crippen LogP) is -0.110. The van der Waals surface area contributed by atoms with Gasteiger partial charge in [0.1, 0.15) is 0 Å². The molecule has 0 aromatic carbocycles. The van der Waals surface area contributed by atoms with Crippen LogP contribution in [0, 0.1) is 5.41 Å². The van der Waals surface area contributed by atoms with E-state index in [0.717, 1.165) is 32.7 Å². The van der Waals surface area contributed by atoms with Crippen LogP contribution in [-0.2, 0) is 4.79 Å². The number of hydrogen-bond donors (Lipinski definition) is 3. The van der Waals surface area contributed by atoms with Gasteiger partial charge in [0, 0.05) is 44.7 Å². The van der Waals surface area contributed by atoms with Crippen molar-refractivity contribution in [2.24, 2.45) is 5.41 Å². The molecule has 18 heavy (non-hydrogen) atoms. The summed E-state index contributed by atoms with van der Waals surface area (Å²) >= 11 is 0. The van der Waals surface area contributed by atoms with E-state index in [2.05, 4.69) is 20.9 Å². The molecule has 0 aliphatic heterocycles. The summed E-state index contributed by atoms with van der Waals surface area (Å²) < 4.78 is 0. The first-order chi connectivity index (χ1) is 8.41. The Morgan fingerprint density at radius 3 is 1.78 bits per heavy atom. The highest BCUT2D eigenvalue weighted by molar-refractivity contribution is 5.81. The average molecular weight is 258 g/mol. The molecular weight excluding hydrogens is 228 g/mol. The van der Waals surface area contributed by atoms with Gasteiger partial charge in [0.15, 0.2) is 0 Å². The number of nitrogens with zero attached hydrogens (tertiary/aromatic N) is 1. The zero-order chi connectivity index (χ0) is 14.0. The van der Waals surface area contributed by atoms with Gasteiger partial charge in [-0.1, -0.05) is 20.8 Å². The zero-order valence-corrected chi connectivity index (χ0v) is 12.6. The number of carbonyl (C=O) groups excluding carboxylic acids is 1. The van der Waals surface area contributed by atoms with Crippen molar-refractivity contribution in [3.63, 3.8) is 0 Å². The van der Waals surface area contributed by atoms with Crippen LogP contribution in [-0.4, -0.2) is 64.2 Å². The lowest BCUT2D eigenvalue weighted by molar-refractivity contribution is -0.128. The molecular formula is C13H30N4O. The lowest BCUT2D eigenvalue weighted by Crippen LogP contribution is -2.43. The van der Waals surface area contributed by atoms with Gasteiger partial charge in [-0.15, -0.1) is 0 Å². The SMILES string of the molecule is CNCCN(CCNC)CCNC(=O)C(C)(C)C. The molecule has 0 unspecified atom stereocenters. The maximum absolute atomic E-state index is 11.7. The number of carbonyl (C=O) groups is 1. The number of likely N-dealkylation sites (N-methyl/N-ethyl adjacent to an activating group) is 2. The summed E-state index contributed by atoms with van der Waals surface area (Å²) in [4.78, 5) is 14.1. The van der Waals surface area contributed by atoms with Gasteiger partial charge in [-0.25, -0.2) is 0 Å². The molecule has 0 aliphatic rings. The van der Waals surface area contributed by atoms with E-state index >= 15 is 0 Å². The monoisotopic (exact) mass is 258 g/mol. The maximum Gasteiger partial charge on any atom is 0.225 e. The number of rotatable bonds is 9. The van der Waals surface area contributed by atoms with Crippen LogP contribution >= 0.6 is 0 Å². The molecule has 0 fully saturated rings. The van der Waals surface area contributed by atoms with Crippen molar-refractivity contribution < 1.29 is 4.79 Å². The van der Waals surface area contributed by atoms with E-state index in [1.165, 1.54) is 0 Å². The standard InChI is InChI=1S/C13H30N4O/c1-13(2,3)12(18)16-8-11-17(9-6-14-4)10-7-15-5/h14-15H,6-11H2,1-5H3,(H,16,18). The molecule has 0 aromatic rings. The highest BCUT2D eigenvalue weighted by Crippen LogP contribution is 2.11. The Hall–Kier alpha value is -0.650. The van der Waals surface area contributed by atoms with Crippen molar-refractivity contribution in [2.75, 3.05) is 53.4 Å². The first kappa shape index (κ1) is 17.4. The predicted molar refractivity (Wildman–Crippen MR) is 76.8 cm³/mol. The van der Waals surface area contributed by atoms with Gasteiger partial charge in [-0.2, -0.15) is 0 Å². The van der Waals surface area contributed by atoms with Gasteiger partial charge in [0.25, 0.3) is 0 Å². The third-order valence-corrected chi connectivity index (χ3v) is 2.75. The quantitative estimate of drug-likeness (QED) is 0.540. The van der Waals surface area contributed by atoms with Gasteiger partial charge >= 0.3 is 0 Å². The van der Waals surface area contributed by atoms with Gasteiger partial charge in [-0.3, -0.25) is 9.69 Å². The average Bonchev–Trinajstić information content (AvgIpc) is 2.30. The third-order valence-electron chi connectivity index (χ3n) is 2.75. The van der Waals surface area contributed by atoms with Crippen LogP contribution in [0.2, 0.25) is 0 Å². The van der Waals surface area contributed by atoms with E-state index in [9.17, 15) is 4.79 Å². The fourth-order valence-electron chi connectivity index (χ4n) is 1.47. The molecule has 0 bridgehead atoms. The van der Waals surface area contributed by atoms with Crippen LogP contribution in [0.25, 0.3) is 0 Å². The number of amides is 1. The van der Waals surface area contributed by atoms with Gasteiger partial charge in [0.2, 0.25) is 5.91 Å². The zero-order valence-electron chi connectivity index (χ0n) is 12.6. The van der Waals surface area contributed by atoms with Crippen molar-refractivity contribution in [3.8, 4) is 0 Å². The Morgan fingerprint density at radius 2 is 1.39 bits per heavy atom. The van der Waals surface area contributed by atoms with Gasteiger partial charge in [0.05, 0.1) is 0 Å². The summed E-state index contributed by atoms with van der Waals surface area (Å²) in [6.07, 6.45) is 0. The molecule has 0 saturated carbocycles. The van der Waals surface area contributed by atoms with E-state index in [1.54, 1.807) is 0 Å². The minimum atomic E-state index is -0.305. The van der Waals surface area contributed by atoms with Crippen LogP contribution in [0.3, 0.4) is 0 Å². The second-order valence-corrected chi connectivity index (χ2v) is 5.55. The molecule has 0 radical (unpaired) electrons. The molecule has 108 valence electrons. The summed E-state index contributed by atoms with van der Waals surface area (Å²) in [6.45, 7) is 11.3. The van der Waals surface area contributed by atoms with E-state index in [0.29, 0.717) is 6.54 Å². The van der Waals surface area contributed by atoms with Crippen molar-refractivity contribution in [3.05, 3.63) is 0 Å². The van der Waals surface area contributed by atoms with Crippen LogP contribution in [0.4, 0.5) is 0 Å². The van der Waals surface area contributed by atoms with Crippen molar-refractivity contribution in [1.29, 1.82) is 0 Å². The van der Waals surface area contributed by atoms with E-state index in [1.807, 2.05) is 34.9 Å². The molecule has 0 aliphatic carbocycles. The summed E-state index contributed by atoms with van der Waals surface area (Å²) in [5.74, 6) is 0.115. The first-order valence-corrected chi connectivity index (χ1v) is 6.71. The molecule has 1 amide bonds. The van der Waals surface area contributed by atoms with Crippen LogP contribution < -0.4 is 16.0 Å².